The highest BCUT2D eigenvalue weighted by molar-refractivity contribution is 7.13. The summed E-state index contributed by atoms with van der Waals surface area (Å²) in [6.07, 6.45) is 5.90. The number of hydrogen-bond acceptors (Lipinski definition) is 5. The molecule has 1 saturated heterocycles. The predicted octanol–water partition coefficient (Wildman–Crippen LogP) is 4.00. The zero-order chi connectivity index (χ0) is 18.9. The van der Waals surface area contributed by atoms with E-state index in [-0.39, 0.29) is 11.8 Å². The maximum atomic E-state index is 12.6. The first-order chi connectivity index (χ1) is 13.8. The molecule has 28 heavy (non-hydrogen) atoms. The van der Waals surface area contributed by atoms with E-state index in [9.17, 15) is 4.79 Å². The number of pyridine rings is 1. The van der Waals surface area contributed by atoms with Crippen LogP contribution in [-0.2, 0) is 11.2 Å². The van der Waals surface area contributed by atoms with Gasteiger partial charge >= 0.3 is 0 Å². The molecule has 1 fully saturated rings. The van der Waals surface area contributed by atoms with Crippen LogP contribution in [-0.4, -0.2) is 38.5 Å². The lowest BCUT2D eigenvalue weighted by Crippen LogP contribution is -2.40. The van der Waals surface area contributed by atoms with Gasteiger partial charge < -0.3 is 9.32 Å². The van der Waals surface area contributed by atoms with Crippen LogP contribution in [0.4, 0.5) is 0 Å². The topological polar surface area (TPSA) is 63.6 Å². The van der Waals surface area contributed by atoms with Crippen LogP contribution in [0.3, 0.4) is 0 Å². The van der Waals surface area contributed by atoms with Gasteiger partial charge in [-0.3, -0.25) is 4.79 Å². The van der Waals surface area contributed by atoms with Crippen molar-refractivity contribution < 1.29 is 9.21 Å². The van der Waals surface area contributed by atoms with Crippen molar-refractivity contribution in [1.82, 2.24) is 19.5 Å². The lowest BCUT2D eigenvalue weighted by atomic mass is 9.97. The molecule has 1 atom stereocenters. The summed E-state index contributed by atoms with van der Waals surface area (Å²) in [6, 6.07) is 11.9. The first-order valence-electron chi connectivity index (χ1n) is 9.46. The number of nitrogens with zero attached hydrogens (tertiary/aromatic N) is 4. The number of carbonyl (C=O) groups is 1. The third-order valence-electron chi connectivity index (χ3n) is 5.20. The monoisotopic (exact) mass is 392 g/mol. The number of likely N-dealkylation sites (tertiary alicyclic amines) is 1. The van der Waals surface area contributed by atoms with E-state index in [1.807, 2.05) is 39.9 Å². The van der Waals surface area contributed by atoms with Crippen LogP contribution in [0.25, 0.3) is 16.1 Å². The zero-order valence-corrected chi connectivity index (χ0v) is 16.1. The van der Waals surface area contributed by atoms with Crippen molar-refractivity contribution in [3.05, 3.63) is 65.8 Å². The molecule has 4 aromatic heterocycles. The minimum Gasteiger partial charge on any atom is -0.469 e. The number of piperidine rings is 1. The highest BCUT2D eigenvalue weighted by Gasteiger charge is 2.27. The number of aromatic nitrogens is 3. The Morgan fingerprint density at radius 1 is 1.25 bits per heavy atom. The first-order valence-corrected chi connectivity index (χ1v) is 10.3. The van der Waals surface area contributed by atoms with Gasteiger partial charge in [0, 0.05) is 35.6 Å². The van der Waals surface area contributed by atoms with Crippen molar-refractivity contribution in [2.24, 2.45) is 0 Å². The van der Waals surface area contributed by atoms with Gasteiger partial charge in [-0.05, 0) is 48.6 Å². The van der Waals surface area contributed by atoms with Gasteiger partial charge in [-0.15, -0.1) is 11.3 Å². The van der Waals surface area contributed by atoms with Crippen LogP contribution in [0.5, 0.6) is 0 Å². The Balaban J connectivity index is 1.35. The molecule has 0 N–H and O–H groups in total. The van der Waals surface area contributed by atoms with Crippen molar-refractivity contribution in [2.45, 2.75) is 25.2 Å². The van der Waals surface area contributed by atoms with E-state index in [1.165, 1.54) is 4.88 Å². The van der Waals surface area contributed by atoms with Gasteiger partial charge in [-0.25, -0.2) is 9.50 Å². The molecule has 5 rings (SSSR count). The van der Waals surface area contributed by atoms with Crippen LogP contribution in [0.15, 0.2) is 58.7 Å². The Morgan fingerprint density at radius 3 is 3.04 bits per heavy atom. The molecule has 0 spiro atoms. The SMILES string of the molecule is O=C(Cc1ccco1)N1CCC[C@@H](c2nc3ccc(-c4cccs4)cn3n2)C1. The van der Waals surface area contributed by atoms with Crippen molar-refractivity contribution >= 4 is 22.9 Å². The minimum atomic E-state index is 0.100. The van der Waals surface area contributed by atoms with Crippen molar-refractivity contribution in [3.8, 4) is 10.4 Å². The summed E-state index contributed by atoms with van der Waals surface area (Å²) in [5.74, 6) is 1.79. The molecule has 0 saturated carbocycles. The Morgan fingerprint density at radius 2 is 2.21 bits per heavy atom. The molecule has 5 heterocycles. The number of furan rings is 1. The highest BCUT2D eigenvalue weighted by Crippen LogP contribution is 2.28. The molecule has 1 aliphatic heterocycles. The molecule has 1 aliphatic rings. The Kier molecular flexibility index (Phi) is 4.44. The molecule has 0 aliphatic carbocycles. The molecule has 142 valence electrons. The van der Waals surface area contributed by atoms with E-state index < -0.39 is 0 Å². The third kappa shape index (κ3) is 3.33. The van der Waals surface area contributed by atoms with E-state index in [4.69, 9.17) is 14.5 Å². The maximum Gasteiger partial charge on any atom is 0.230 e. The van der Waals surface area contributed by atoms with Crippen LogP contribution < -0.4 is 0 Å². The second-order valence-electron chi connectivity index (χ2n) is 7.10. The number of hydrogen-bond donors (Lipinski definition) is 0. The molecule has 0 aromatic carbocycles. The summed E-state index contributed by atoms with van der Waals surface area (Å²) in [4.78, 5) is 20.5. The van der Waals surface area contributed by atoms with Crippen LogP contribution >= 0.6 is 11.3 Å². The fourth-order valence-corrected chi connectivity index (χ4v) is 4.47. The van der Waals surface area contributed by atoms with Gasteiger partial charge in [0.2, 0.25) is 5.91 Å². The van der Waals surface area contributed by atoms with Crippen molar-refractivity contribution in [1.29, 1.82) is 0 Å². The second-order valence-corrected chi connectivity index (χ2v) is 8.05. The van der Waals surface area contributed by atoms with E-state index in [0.29, 0.717) is 18.7 Å². The van der Waals surface area contributed by atoms with Gasteiger partial charge in [0.15, 0.2) is 11.5 Å². The standard InChI is InChI=1S/C21H20N4O2S/c26-20(12-17-5-2-10-27-17)24-9-1-4-16(13-24)21-22-19-8-7-15(14-25(19)23-21)18-6-3-11-28-18/h2-3,5-8,10-11,14,16H,1,4,9,12-13H2/t16-/m1/s1. The molecule has 0 unspecified atom stereocenters. The fraction of sp³-hybridized carbons (Fsp3) is 0.286. The Labute approximate surface area is 166 Å². The number of carbonyl (C=O) groups excluding carboxylic acids is 1. The summed E-state index contributed by atoms with van der Waals surface area (Å²) in [5.41, 5.74) is 1.98. The largest absolute Gasteiger partial charge is 0.469 e. The minimum absolute atomic E-state index is 0.100. The Hall–Kier alpha value is -2.93. The van der Waals surface area contributed by atoms with Gasteiger partial charge in [-0.1, -0.05) is 6.07 Å². The maximum absolute atomic E-state index is 12.6. The summed E-state index contributed by atoms with van der Waals surface area (Å²) >= 11 is 1.71. The molecular formula is C21H20N4O2S. The molecule has 4 aromatic rings. The molecule has 7 heteroatoms. The quantitative estimate of drug-likeness (QED) is 0.527. The van der Waals surface area contributed by atoms with Gasteiger partial charge in [0.1, 0.15) is 5.76 Å². The van der Waals surface area contributed by atoms with E-state index in [0.717, 1.165) is 36.4 Å². The lowest BCUT2D eigenvalue weighted by Gasteiger charge is -2.31. The normalized spacial score (nSPS) is 17.3. The summed E-state index contributed by atoms with van der Waals surface area (Å²) in [6.45, 7) is 1.44. The zero-order valence-electron chi connectivity index (χ0n) is 15.3. The number of thiophene rings is 1. The molecular weight excluding hydrogens is 372 g/mol. The van der Waals surface area contributed by atoms with Crippen molar-refractivity contribution in [2.75, 3.05) is 13.1 Å². The molecule has 0 bridgehead atoms. The second kappa shape index (κ2) is 7.24. The fourth-order valence-electron chi connectivity index (χ4n) is 3.75. The summed E-state index contributed by atoms with van der Waals surface area (Å²) in [7, 11) is 0. The van der Waals surface area contributed by atoms with Gasteiger partial charge in [-0.2, -0.15) is 5.10 Å². The van der Waals surface area contributed by atoms with Gasteiger partial charge in [0.25, 0.3) is 0 Å². The van der Waals surface area contributed by atoms with E-state index >= 15 is 0 Å². The highest BCUT2D eigenvalue weighted by atomic mass is 32.1. The smallest absolute Gasteiger partial charge is 0.230 e. The molecule has 0 radical (unpaired) electrons. The van der Waals surface area contributed by atoms with E-state index in [2.05, 4.69) is 17.5 Å². The van der Waals surface area contributed by atoms with E-state index in [1.54, 1.807) is 17.6 Å². The van der Waals surface area contributed by atoms with Crippen LogP contribution in [0, 0.1) is 0 Å². The average Bonchev–Trinajstić information content (AvgIpc) is 3.48. The molecule has 1 amide bonds. The first kappa shape index (κ1) is 17.2. The third-order valence-corrected chi connectivity index (χ3v) is 6.12. The summed E-state index contributed by atoms with van der Waals surface area (Å²) < 4.78 is 7.17. The summed E-state index contributed by atoms with van der Waals surface area (Å²) in [5, 5.41) is 6.80. The van der Waals surface area contributed by atoms with Crippen molar-refractivity contribution in [3.63, 3.8) is 0 Å². The lowest BCUT2D eigenvalue weighted by molar-refractivity contribution is -0.132. The van der Waals surface area contributed by atoms with Gasteiger partial charge in [0.05, 0.1) is 12.7 Å². The van der Waals surface area contributed by atoms with Crippen LogP contribution in [0.1, 0.15) is 30.3 Å². The number of amides is 1. The van der Waals surface area contributed by atoms with Crippen LogP contribution in [0.2, 0.25) is 0 Å². The molecule has 6 nitrogen and oxygen atoms in total. The Bertz CT molecular complexity index is 1090. The average molecular weight is 392 g/mol. The number of rotatable bonds is 4. The predicted molar refractivity (Wildman–Crippen MR) is 107 cm³/mol. The number of fused-ring (bicyclic) bond motifs is 1.